The van der Waals surface area contributed by atoms with Crippen molar-refractivity contribution in [2.45, 2.75) is 20.3 Å². The largest absolute Gasteiger partial charge is 0.486 e. The van der Waals surface area contributed by atoms with Crippen LogP contribution >= 0.6 is 15.9 Å². The Morgan fingerprint density at radius 3 is 2.73 bits per heavy atom. The second-order valence-electron chi connectivity index (χ2n) is 3.20. The van der Waals surface area contributed by atoms with Crippen molar-refractivity contribution < 1.29 is 9.66 Å². The standard InChI is InChI=1S/C10H12BrNO3/c1-3-4-15-10-8(11)5-7(2)6-9(10)12(13)14/h5-6H,3-4H2,1-2H3. The summed E-state index contributed by atoms with van der Waals surface area (Å²) in [7, 11) is 0. The molecule has 0 radical (unpaired) electrons. The number of nitro benzene ring substituents is 1. The molecule has 0 unspecified atom stereocenters. The molecule has 0 heterocycles. The molecule has 0 N–H and O–H groups in total. The van der Waals surface area contributed by atoms with Gasteiger partial charge in [0.15, 0.2) is 0 Å². The van der Waals surface area contributed by atoms with Crippen LogP contribution in [-0.2, 0) is 0 Å². The van der Waals surface area contributed by atoms with Crippen LogP contribution in [-0.4, -0.2) is 11.5 Å². The van der Waals surface area contributed by atoms with E-state index in [9.17, 15) is 10.1 Å². The number of nitro groups is 1. The first kappa shape index (κ1) is 12.0. The molecular formula is C10H12BrNO3. The molecule has 0 atom stereocenters. The monoisotopic (exact) mass is 273 g/mol. The quantitative estimate of drug-likeness (QED) is 0.624. The van der Waals surface area contributed by atoms with Crippen molar-refractivity contribution in [2.75, 3.05) is 6.61 Å². The molecule has 1 aromatic carbocycles. The lowest BCUT2D eigenvalue weighted by Crippen LogP contribution is -2.00. The van der Waals surface area contributed by atoms with Gasteiger partial charge in [0.05, 0.1) is 16.0 Å². The van der Waals surface area contributed by atoms with E-state index in [1.165, 1.54) is 6.07 Å². The van der Waals surface area contributed by atoms with E-state index in [0.29, 0.717) is 16.8 Å². The van der Waals surface area contributed by atoms with Gasteiger partial charge in [-0.25, -0.2) is 0 Å². The zero-order chi connectivity index (χ0) is 11.4. The Bertz CT molecular complexity index is 379. The van der Waals surface area contributed by atoms with E-state index in [1.807, 2.05) is 6.92 Å². The average Bonchev–Trinajstić information content (AvgIpc) is 2.15. The fourth-order valence-corrected chi connectivity index (χ4v) is 1.87. The number of ether oxygens (including phenoxy) is 1. The fourth-order valence-electron chi connectivity index (χ4n) is 1.19. The third-order valence-electron chi connectivity index (χ3n) is 1.82. The highest BCUT2D eigenvalue weighted by Crippen LogP contribution is 2.36. The number of hydrogen-bond acceptors (Lipinski definition) is 3. The molecule has 0 aliphatic carbocycles. The maximum atomic E-state index is 10.8. The van der Waals surface area contributed by atoms with Crippen LogP contribution < -0.4 is 4.74 Å². The van der Waals surface area contributed by atoms with Gasteiger partial charge in [-0.15, -0.1) is 0 Å². The minimum absolute atomic E-state index is 0.00956. The van der Waals surface area contributed by atoms with Gasteiger partial charge in [0.1, 0.15) is 0 Å². The Hall–Kier alpha value is -1.10. The first-order valence-electron chi connectivity index (χ1n) is 4.63. The highest BCUT2D eigenvalue weighted by atomic mass is 79.9. The van der Waals surface area contributed by atoms with Gasteiger partial charge >= 0.3 is 5.69 Å². The highest BCUT2D eigenvalue weighted by Gasteiger charge is 2.18. The average molecular weight is 274 g/mol. The van der Waals surface area contributed by atoms with Gasteiger partial charge in [-0.3, -0.25) is 10.1 Å². The zero-order valence-corrected chi connectivity index (χ0v) is 10.2. The summed E-state index contributed by atoms with van der Waals surface area (Å²) < 4.78 is 5.97. The van der Waals surface area contributed by atoms with Gasteiger partial charge in [-0.2, -0.15) is 0 Å². The lowest BCUT2D eigenvalue weighted by Gasteiger charge is -2.08. The first-order valence-corrected chi connectivity index (χ1v) is 5.43. The lowest BCUT2D eigenvalue weighted by atomic mass is 10.2. The molecule has 1 aromatic rings. The Kier molecular flexibility index (Phi) is 4.08. The molecular weight excluding hydrogens is 262 g/mol. The number of rotatable bonds is 4. The van der Waals surface area contributed by atoms with Crippen LogP contribution in [0.2, 0.25) is 0 Å². The predicted molar refractivity (Wildman–Crippen MR) is 61.3 cm³/mol. The maximum absolute atomic E-state index is 10.8. The van der Waals surface area contributed by atoms with E-state index in [-0.39, 0.29) is 5.69 Å². The molecule has 5 heteroatoms. The van der Waals surface area contributed by atoms with E-state index in [2.05, 4.69) is 15.9 Å². The minimum Gasteiger partial charge on any atom is -0.486 e. The molecule has 0 aliphatic rings. The molecule has 0 saturated heterocycles. The summed E-state index contributed by atoms with van der Waals surface area (Å²) in [6.07, 6.45) is 0.817. The van der Waals surface area contributed by atoms with E-state index in [4.69, 9.17) is 4.74 Å². The van der Waals surface area contributed by atoms with E-state index < -0.39 is 4.92 Å². The van der Waals surface area contributed by atoms with Crippen molar-refractivity contribution in [1.82, 2.24) is 0 Å². The summed E-state index contributed by atoms with van der Waals surface area (Å²) in [4.78, 5) is 10.4. The van der Waals surface area contributed by atoms with Crippen LogP contribution in [0.5, 0.6) is 5.75 Å². The van der Waals surface area contributed by atoms with Crippen LogP contribution in [0, 0.1) is 17.0 Å². The van der Waals surface area contributed by atoms with Crippen molar-refractivity contribution in [3.63, 3.8) is 0 Å². The smallest absolute Gasteiger partial charge is 0.312 e. The molecule has 1 rings (SSSR count). The molecule has 15 heavy (non-hydrogen) atoms. The SMILES string of the molecule is CCCOc1c(Br)cc(C)cc1[N+](=O)[O-]. The van der Waals surface area contributed by atoms with Crippen molar-refractivity contribution in [2.24, 2.45) is 0 Å². The van der Waals surface area contributed by atoms with Crippen LogP contribution in [0.3, 0.4) is 0 Å². The van der Waals surface area contributed by atoms with Crippen LogP contribution in [0.1, 0.15) is 18.9 Å². The van der Waals surface area contributed by atoms with Gasteiger partial charge in [-0.1, -0.05) is 6.92 Å². The third kappa shape index (κ3) is 2.92. The number of hydrogen-bond donors (Lipinski definition) is 0. The molecule has 0 bridgehead atoms. The second kappa shape index (κ2) is 5.11. The molecule has 0 spiro atoms. The number of aryl methyl sites for hydroxylation is 1. The van der Waals surface area contributed by atoms with Crippen molar-refractivity contribution in [3.05, 3.63) is 32.3 Å². The third-order valence-corrected chi connectivity index (χ3v) is 2.40. The van der Waals surface area contributed by atoms with Crippen LogP contribution in [0.4, 0.5) is 5.69 Å². The van der Waals surface area contributed by atoms with Crippen LogP contribution in [0.25, 0.3) is 0 Å². The zero-order valence-electron chi connectivity index (χ0n) is 8.62. The Labute approximate surface area is 96.5 Å². The number of benzene rings is 1. The summed E-state index contributed by atoms with van der Waals surface area (Å²) in [6, 6.07) is 3.31. The summed E-state index contributed by atoms with van der Waals surface area (Å²) in [6.45, 7) is 4.23. The van der Waals surface area contributed by atoms with Gasteiger partial charge in [0.25, 0.3) is 0 Å². The van der Waals surface area contributed by atoms with E-state index in [0.717, 1.165) is 12.0 Å². The Morgan fingerprint density at radius 1 is 1.53 bits per heavy atom. The van der Waals surface area contributed by atoms with Crippen molar-refractivity contribution in [1.29, 1.82) is 0 Å². The van der Waals surface area contributed by atoms with Gasteiger partial charge < -0.3 is 4.74 Å². The summed E-state index contributed by atoms with van der Waals surface area (Å²) in [5, 5.41) is 10.8. The number of nitrogens with zero attached hydrogens (tertiary/aromatic N) is 1. The summed E-state index contributed by atoms with van der Waals surface area (Å²) >= 11 is 3.27. The number of halogens is 1. The van der Waals surface area contributed by atoms with Gasteiger partial charge in [-0.05, 0) is 40.9 Å². The molecule has 0 saturated carbocycles. The van der Waals surface area contributed by atoms with Crippen molar-refractivity contribution in [3.8, 4) is 5.75 Å². The Balaban J connectivity index is 3.15. The molecule has 4 nitrogen and oxygen atoms in total. The maximum Gasteiger partial charge on any atom is 0.312 e. The highest BCUT2D eigenvalue weighted by molar-refractivity contribution is 9.10. The Morgan fingerprint density at radius 2 is 2.20 bits per heavy atom. The summed E-state index contributed by atoms with van der Waals surface area (Å²) in [5.41, 5.74) is 0.841. The fraction of sp³-hybridized carbons (Fsp3) is 0.400. The molecule has 0 aromatic heterocycles. The lowest BCUT2D eigenvalue weighted by molar-refractivity contribution is -0.386. The molecule has 0 aliphatic heterocycles. The predicted octanol–water partition coefficient (Wildman–Crippen LogP) is 3.45. The first-order chi connectivity index (χ1) is 7.06. The second-order valence-corrected chi connectivity index (χ2v) is 4.05. The summed E-state index contributed by atoms with van der Waals surface area (Å²) in [5.74, 6) is 0.312. The minimum atomic E-state index is -0.428. The van der Waals surface area contributed by atoms with Crippen LogP contribution in [0.15, 0.2) is 16.6 Å². The van der Waals surface area contributed by atoms with E-state index in [1.54, 1.807) is 13.0 Å². The van der Waals surface area contributed by atoms with Crippen molar-refractivity contribution >= 4 is 21.6 Å². The topological polar surface area (TPSA) is 52.4 Å². The van der Waals surface area contributed by atoms with Gasteiger partial charge in [0, 0.05) is 6.07 Å². The molecule has 0 fully saturated rings. The molecule has 82 valence electrons. The van der Waals surface area contributed by atoms with E-state index >= 15 is 0 Å². The van der Waals surface area contributed by atoms with Gasteiger partial charge in [0.2, 0.25) is 5.75 Å². The normalized spacial score (nSPS) is 10.1. The molecule has 0 amide bonds.